The minimum atomic E-state index is -0.580. The number of benzene rings is 2. The lowest BCUT2D eigenvalue weighted by atomic mass is 9.58. The van der Waals surface area contributed by atoms with Gasteiger partial charge in [-0.1, -0.05) is 55.1 Å². The number of imidazole rings is 1. The number of pyridine rings is 1. The molecule has 2 saturated heterocycles. The average Bonchev–Trinajstić information content (AvgIpc) is 3.95. The van der Waals surface area contributed by atoms with Gasteiger partial charge in [0, 0.05) is 55.1 Å². The van der Waals surface area contributed by atoms with Crippen LogP contribution in [0.25, 0.3) is 16.9 Å². The second-order valence-electron chi connectivity index (χ2n) is 16.8. The third kappa shape index (κ3) is 8.10. The summed E-state index contributed by atoms with van der Waals surface area (Å²) in [5.41, 5.74) is 13.9. The van der Waals surface area contributed by atoms with Gasteiger partial charge in [0.05, 0.1) is 30.1 Å². The van der Waals surface area contributed by atoms with E-state index in [4.69, 9.17) is 32.2 Å². The van der Waals surface area contributed by atoms with E-state index in [1.165, 1.54) is 66.8 Å². The monoisotopic (exact) mass is 815 g/mol. The van der Waals surface area contributed by atoms with E-state index in [0.717, 1.165) is 60.8 Å². The van der Waals surface area contributed by atoms with Crippen LogP contribution >= 0.6 is 11.6 Å². The van der Waals surface area contributed by atoms with Crippen molar-refractivity contribution in [3.63, 3.8) is 0 Å². The van der Waals surface area contributed by atoms with Gasteiger partial charge in [0.15, 0.2) is 11.5 Å². The summed E-state index contributed by atoms with van der Waals surface area (Å²) >= 11 is 6.55. The van der Waals surface area contributed by atoms with E-state index in [0.29, 0.717) is 53.0 Å². The number of nitrogens with one attached hydrogen (secondary N) is 2. The second kappa shape index (κ2) is 16.3. The number of carbonyl (C=O) groups excluding carboxylic acids is 3. The van der Waals surface area contributed by atoms with E-state index in [9.17, 15) is 14.4 Å². The largest absolute Gasteiger partial charge is 0.493 e. The molecule has 4 fully saturated rings. The first-order valence-corrected chi connectivity index (χ1v) is 21.2. The maximum atomic E-state index is 12.3. The molecule has 0 bridgehead atoms. The molecule has 10 rings (SSSR count). The molecule has 306 valence electrons. The maximum Gasteiger partial charge on any atom is 0.269 e. The molecule has 4 N–H and O–H groups in total. The zero-order valence-corrected chi connectivity index (χ0v) is 34.1. The highest BCUT2D eigenvalue weighted by atomic mass is 35.5. The number of nitrogens with two attached hydrogens (primary N) is 1. The number of hydrogen-bond acceptors (Lipinski definition) is 10. The fourth-order valence-electron chi connectivity index (χ4n) is 9.25. The molecule has 5 aliphatic rings. The number of rotatable bonds is 10. The number of fused-ring (bicyclic) bond motifs is 2. The number of halogens is 1. The van der Waals surface area contributed by atoms with E-state index in [1.54, 1.807) is 6.07 Å². The van der Waals surface area contributed by atoms with Crippen LogP contribution < -0.4 is 26.0 Å². The first-order chi connectivity index (χ1) is 28.7. The van der Waals surface area contributed by atoms with Crippen LogP contribution in [0.5, 0.6) is 5.75 Å². The third-order valence-corrected chi connectivity index (χ3v) is 12.9. The van der Waals surface area contributed by atoms with Crippen molar-refractivity contribution < 1.29 is 19.1 Å². The maximum absolute atomic E-state index is 12.3. The van der Waals surface area contributed by atoms with Gasteiger partial charge in [-0.2, -0.15) is 0 Å². The Kier molecular flexibility index (Phi) is 10.7. The van der Waals surface area contributed by atoms with Crippen LogP contribution in [0.15, 0.2) is 67.0 Å². The zero-order chi connectivity index (χ0) is 40.7. The molecule has 14 heteroatoms. The van der Waals surface area contributed by atoms with Crippen molar-refractivity contribution in [1.29, 1.82) is 0 Å². The van der Waals surface area contributed by atoms with E-state index < -0.39 is 11.8 Å². The number of anilines is 3. The number of nitrogens with zero attached hydrogens (tertiary/aromatic N) is 6. The Morgan fingerprint density at radius 1 is 1.00 bits per heavy atom. The molecule has 5 aromatic rings. The molecule has 1 spiro atoms. The normalized spacial score (nSPS) is 19.8. The van der Waals surface area contributed by atoms with Crippen molar-refractivity contribution >= 4 is 52.2 Å². The zero-order valence-electron chi connectivity index (χ0n) is 33.4. The van der Waals surface area contributed by atoms with Crippen LogP contribution in [0.1, 0.15) is 90.9 Å². The number of primary amides is 1. The first kappa shape index (κ1) is 39.0. The second-order valence-corrected chi connectivity index (χ2v) is 17.2. The SMILES string of the molecule is C1CC1.CNc1cc(N2CCc3c(-c4ccc(CN5CCC6(CC5)CC(COc5ccc(C7CCC(=O)NC7=O)c(Cl)c5)C6)cn4)cccc32)nn2c(C(N)=O)cnc12. The quantitative estimate of drug-likeness (QED) is 0.125. The predicted molar refractivity (Wildman–Crippen MR) is 227 cm³/mol. The summed E-state index contributed by atoms with van der Waals surface area (Å²) in [5, 5.41) is 10.9. The number of ether oxygens (including phenoxy) is 1. The van der Waals surface area contributed by atoms with Crippen molar-refractivity contribution in [2.75, 3.05) is 43.5 Å². The Balaban J connectivity index is 0.00000143. The summed E-state index contributed by atoms with van der Waals surface area (Å²) in [6, 6.07) is 18.1. The topological polar surface area (TPSA) is 160 Å². The fraction of sp³-hybridized carbons (Fsp3) is 0.422. The molecule has 2 aromatic carbocycles. The molecular formula is C45H50ClN9O4. The van der Waals surface area contributed by atoms with Crippen molar-refractivity contribution in [3.8, 4) is 17.0 Å². The van der Waals surface area contributed by atoms with Crippen molar-refractivity contribution in [3.05, 3.63) is 94.4 Å². The lowest BCUT2D eigenvalue weighted by Crippen LogP contribution is -2.48. The summed E-state index contributed by atoms with van der Waals surface area (Å²) < 4.78 is 7.67. The van der Waals surface area contributed by atoms with Gasteiger partial charge in [0.25, 0.3) is 5.91 Å². The van der Waals surface area contributed by atoms with Gasteiger partial charge in [-0.05, 0) is 104 Å². The number of aromatic nitrogens is 4. The Hall–Kier alpha value is -5.53. The number of imide groups is 1. The molecule has 2 saturated carbocycles. The highest BCUT2D eigenvalue weighted by Gasteiger charge is 2.46. The van der Waals surface area contributed by atoms with Crippen LogP contribution in [0, 0.1) is 11.3 Å². The van der Waals surface area contributed by atoms with Gasteiger partial charge in [0.2, 0.25) is 11.8 Å². The number of amides is 3. The molecule has 59 heavy (non-hydrogen) atoms. The van der Waals surface area contributed by atoms with Crippen molar-refractivity contribution in [2.45, 2.75) is 76.7 Å². The molecule has 6 heterocycles. The van der Waals surface area contributed by atoms with E-state index >= 15 is 0 Å². The summed E-state index contributed by atoms with van der Waals surface area (Å²) in [4.78, 5) is 49.9. The third-order valence-electron chi connectivity index (χ3n) is 12.6. The Bertz CT molecular complexity index is 2400. The standard InChI is InChI=1S/C42H44ClN9O4.C3H6/c1-45-34-18-37(49-52-36(39(44)54)22-47-40(34)52)51-14-11-30-29(3-2-4-35(30)51)33-9-5-25(21-46-33)23-50-15-12-42(13-16-50)19-26(20-42)24-56-27-6-7-28(32(43)17-27)31-8-10-38(53)48-41(31)55;1-2-3-1/h2-7,9,17-18,21-22,26,31,45H,8,10-16,19-20,23-24H2,1H3,(H2,44,54)(H,48,53,55);1-3H2. The molecular weight excluding hydrogens is 766 g/mol. The predicted octanol–water partition coefficient (Wildman–Crippen LogP) is 7.04. The number of hydrogen-bond donors (Lipinski definition) is 3. The summed E-state index contributed by atoms with van der Waals surface area (Å²) in [7, 11) is 1.82. The van der Waals surface area contributed by atoms with Gasteiger partial charge in [-0.25, -0.2) is 9.50 Å². The van der Waals surface area contributed by atoms with Crippen LogP contribution in [-0.2, 0) is 22.6 Å². The van der Waals surface area contributed by atoms with Gasteiger partial charge in [-0.3, -0.25) is 29.6 Å². The van der Waals surface area contributed by atoms with E-state index in [-0.39, 0.29) is 17.5 Å². The summed E-state index contributed by atoms with van der Waals surface area (Å²) in [5.74, 6) is 0.435. The van der Waals surface area contributed by atoms with Crippen molar-refractivity contribution in [1.82, 2.24) is 29.8 Å². The van der Waals surface area contributed by atoms with Crippen LogP contribution in [0.2, 0.25) is 5.02 Å². The van der Waals surface area contributed by atoms with Gasteiger partial charge in [0.1, 0.15) is 11.4 Å². The highest BCUT2D eigenvalue weighted by molar-refractivity contribution is 6.32. The minimum Gasteiger partial charge on any atom is -0.493 e. The average molecular weight is 816 g/mol. The molecule has 2 aliphatic carbocycles. The Morgan fingerprint density at radius 2 is 1.81 bits per heavy atom. The lowest BCUT2D eigenvalue weighted by molar-refractivity contribution is -0.134. The molecule has 13 nitrogen and oxygen atoms in total. The number of likely N-dealkylation sites (tertiary alicyclic amines) is 1. The molecule has 1 unspecified atom stereocenters. The molecule has 0 radical (unpaired) electrons. The van der Waals surface area contributed by atoms with E-state index in [2.05, 4.69) is 55.7 Å². The van der Waals surface area contributed by atoms with Gasteiger partial charge in [-0.15, -0.1) is 5.10 Å². The van der Waals surface area contributed by atoms with Gasteiger partial charge >= 0.3 is 0 Å². The molecule has 1 atom stereocenters. The minimum absolute atomic E-state index is 0.233. The molecule has 3 aliphatic heterocycles. The molecule has 3 aromatic heterocycles. The molecule has 3 amide bonds. The smallest absolute Gasteiger partial charge is 0.269 e. The Morgan fingerprint density at radius 3 is 2.51 bits per heavy atom. The first-order valence-electron chi connectivity index (χ1n) is 20.9. The summed E-state index contributed by atoms with van der Waals surface area (Å²) in [6.07, 6.45) is 14.3. The fourth-order valence-corrected chi connectivity index (χ4v) is 9.55. The Labute approximate surface area is 348 Å². The number of piperidine rings is 2. The van der Waals surface area contributed by atoms with Crippen LogP contribution in [0.4, 0.5) is 17.2 Å². The van der Waals surface area contributed by atoms with Crippen LogP contribution in [0.3, 0.4) is 0 Å². The number of carbonyl (C=O) groups is 3. The van der Waals surface area contributed by atoms with Crippen LogP contribution in [-0.4, -0.2) is 75.5 Å². The van der Waals surface area contributed by atoms with Crippen molar-refractivity contribution in [2.24, 2.45) is 17.1 Å². The van der Waals surface area contributed by atoms with E-state index in [1.807, 2.05) is 31.4 Å². The summed E-state index contributed by atoms with van der Waals surface area (Å²) in [6.45, 7) is 4.44. The highest BCUT2D eigenvalue weighted by Crippen LogP contribution is 2.53. The van der Waals surface area contributed by atoms with Gasteiger partial charge < -0.3 is 20.7 Å². The lowest BCUT2D eigenvalue weighted by Gasteiger charge is -2.52.